The van der Waals surface area contributed by atoms with E-state index in [0.717, 1.165) is 22.1 Å². The quantitative estimate of drug-likeness (QED) is 0.551. The van der Waals surface area contributed by atoms with Crippen LogP contribution >= 0.6 is 39.1 Å². The molecule has 2 heterocycles. The van der Waals surface area contributed by atoms with E-state index in [0.29, 0.717) is 24.4 Å². The lowest BCUT2D eigenvalue weighted by atomic mass is 9.97. The van der Waals surface area contributed by atoms with Gasteiger partial charge in [0.05, 0.1) is 10.9 Å². The summed E-state index contributed by atoms with van der Waals surface area (Å²) in [5, 5.41) is 0.428. The van der Waals surface area contributed by atoms with E-state index in [9.17, 15) is 13.2 Å². The van der Waals surface area contributed by atoms with Gasteiger partial charge in [0, 0.05) is 34.3 Å². The van der Waals surface area contributed by atoms with Crippen molar-refractivity contribution in [3.8, 4) is 0 Å². The Bertz CT molecular complexity index is 1110. The third kappa shape index (κ3) is 4.02. The fourth-order valence-corrected chi connectivity index (χ4v) is 6.98. The first-order valence-corrected chi connectivity index (χ1v) is 12.7. The van der Waals surface area contributed by atoms with Gasteiger partial charge < -0.3 is 4.90 Å². The number of carbonyl (C=O) groups excluding carboxylic acids is 1. The number of carbonyl (C=O) groups is 1. The standard InChI is InChI=1S/C21H21BrCl2N2O3S/c1-13-9-15-10-16(22)4-7-19(15)26(13)21(27)14-3-2-8-25(12-14)30(28,29)20-11-17(23)5-6-18(20)24/h4-7,10-11,13-14H,2-3,8-9,12H2,1H3/t13-,14+/m1/s1. The van der Waals surface area contributed by atoms with Crippen molar-refractivity contribution >= 4 is 60.7 Å². The van der Waals surface area contributed by atoms with E-state index in [-0.39, 0.29) is 28.4 Å². The highest BCUT2D eigenvalue weighted by Crippen LogP contribution is 2.37. The average Bonchev–Trinajstić information content (AvgIpc) is 3.04. The van der Waals surface area contributed by atoms with Crippen molar-refractivity contribution in [2.24, 2.45) is 5.92 Å². The number of halogens is 3. The second kappa shape index (κ2) is 8.43. The van der Waals surface area contributed by atoms with E-state index >= 15 is 0 Å². The number of rotatable bonds is 3. The Morgan fingerprint density at radius 2 is 1.93 bits per heavy atom. The number of hydrogen-bond donors (Lipinski definition) is 0. The zero-order valence-corrected chi connectivity index (χ0v) is 20.2. The van der Waals surface area contributed by atoms with Crippen LogP contribution in [0, 0.1) is 5.92 Å². The Labute approximate surface area is 195 Å². The number of sulfonamides is 1. The number of nitrogens with zero attached hydrogens (tertiary/aromatic N) is 2. The molecule has 1 fully saturated rings. The molecule has 4 rings (SSSR count). The molecule has 0 N–H and O–H groups in total. The molecule has 5 nitrogen and oxygen atoms in total. The molecule has 1 amide bonds. The minimum Gasteiger partial charge on any atom is -0.309 e. The minimum absolute atomic E-state index is 0.0190. The van der Waals surface area contributed by atoms with E-state index < -0.39 is 15.9 Å². The van der Waals surface area contributed by atoms with Crippen molar-refractivity contribution in [2.75, 3.05) is 18.0 Å². The van der Waals surface area contributed by atoms with Gasteiger partial charge in [-0.1, -0.05) is 39.1 Å². The summed E-state index contributed by atoms with van der Waals surface area (Å²) in [5.74, 6) is -0.427. The maximum Gasteiger partial charge on any atom is 0.244 e. The summed E-state index contributed by atoms with van der Waals surface area (Å²) in [6.07, 6.45) is 2.06. The largest absolute Gasteiger partial charge is 0.309 e. The normalized spacial score (nSPS) is 22.2. The Balaban J connectivity index is 1.59. The first-order chi connectivity index (χ1) is 14.2. The molecule has 0 unspecified atom stereocenters. The van der Waals surface area contributed by atoms with Crippen LogP contribution in [0.25, 0.3) is 0 Å². The van der Waals surface area contributed by atoms with Crippen LogP contribution in [0.4, 0.5) is 5.69 Å². The third-order valence-corrected chi connectivity index (χ3v) is 8.81. The fourth-order valence-electron chi connectivity index (χ4n) is 4.31. The second-order valence-corrected chi connectivity index (χ2v) is 11.5. The Kier molecular flexibility index (Phi) is 6.21. The number of benzene rings is 2. The Morgan fingerprint density at radius 1 is 1.17 bits per heavy atom. The summed E-state index contributed by atoms with van der Waals surface area (Å²) in [7, 11) is -3.84. The van der Waals surface area contributed by atoms with Crippen molar-refractivity contribution in [2.45, 2.75) is 37.1 Å². The molecule has 2 aliphatic heterocycles. The summed E-state index contributed by atoms with van der Waals surface area (Å²) in [6.45, 7) is 2.52. The summed E-state index contributed by atoms with van der Waals surface area (Å²) < 4.78 is 28.7. The molecule has 160 valence electrons. The lowest BCUT2D eigenvalue weighted by molar-refractivity contribution is -0.123. The molecule has 2 atom stereocenters. The lowest BCUT2D eigenvalue weighted by Crippen LogP contribution is -2.48. The average molecular weight is 532 g/mol. The van der Waals surface area contributed by atoms with E-state index in [1.54, 1.807) is 6.07 Å². The van der Waals surface area contributed by atoms with Gasteiger partial charge in [0.15, 0.2) is 0 Å². The number of amides is 1. The molecule has 0 aromatic heterocycles. The van der Waals surface area contributed by atoms with Crippen molar-refractivity contribution in [3.05, 3.63) is 56.5 Å². The summed E-state index contributed by atoms with van der Waals surface area (Å²) in [4.78, 5) is 15.2. The number of piperidine rings is 1. The highest BCUT2D eigenvalue weighted by Gasteiger charge is 2.39. The van der Waals surface area contributed by atoms with Gasteiger partial charge in [0.25, 0.3) is 0 Å². The molecular formula is C21H21BrCl2N2O3S. The topological polar surface area (TPSA) is 57.7 Å². The molecule has 2 aromatic rings. The lowest BCUT2D eigenvalue weighted by Gasteiger charge is -2.34. The predicted octanol–water partition coefficient (Wildman–Crippen LogP) is 5.13. The first kappa shape index (κ1) is 22.1. The van der Waals surface area contributed by atoms with E-state index in [1.165, 1.54) is 16.4 Å². The van der Waals surface area contributed by atoms with Gasteiger partial charge in [-0.05, 0) is 68.1 Å². The fraction of sp³-hybridized carbons (Fsp3) is 0.381. The molecule has 0 aliphatic carbocycles. The molecule has 0 saturated carbocycles. The summed E-state index contributed by atoms with van der Waals surface area (Å²) in [5.41, 5.74) is 2.03. The van der Waals surface area contributed by atoms with Crippen LogP contribution in [-0.4, -0.2) is 37.8 Å². The summed E-state index contributed by atoms with van der Waals surface area (Å²) >= 11 is 15.6. The van der Waals surface area contributed by atoms with Crippen LogP contribution in [0.2, 0.25) is 10.0 Å². The van der Waals surface area contributed by atoms with Crippen LogP contribution in [0.15, 0.2) is 45.8 Å². The van der Waals surface area contributed by atoms with Crippen LogP contribution in [0.5, 0.6) is 0 Å². The monoisotopic (exact) mass is 530 g/mol. The maximum atomic E-state index is 13.4. The summed E-state index contributed by atoms with van der Waals surface area (Å²) in [6, 6.07) is 10.3. The highest BCUT2D eigenvalue weighted by atomic mass is 79.9. The molecule has 30 heavy (non-hydrogen) atoms. The third-order valence-electron chi connectivity index (χ3n) is 5.74. The molecule has 9 heteroatoms. The van der Waals surface area contributed by atoms with E-state index in [2.05, 4.69) is 15.9 Å². The van der Waals surface area contributed by atoms with Gasteiger partial charge in [-0.2, -0.15) is 4.31 Å². The van der Waals surface area contributed by atoms with Crippen molar-refractivity contribution in [3.63, 3.8) is 0 Å². The van der Waals surface area contributed by atoms with Crippen LogP contribution < -0.4 is 4.90 Å². The van der Waals surface area contributed by atoms with E-state index in [4.69, 9.17) is 23.2 Å². The van der Waals surface area contributed by atoms with Crippen molar-refractivity contribution < 1.29 is 13.2 Å². The molecule has 2 aromatic carbocycles. The SMILES string of the molecule is C[C@@H]1Cc2cc(Br)ccc2N1C(=O)[C@H]1CCCN(S(=O)(=O)c2cc(Cl)ccc2Cl)C1. The van der Waals surface area contributed by atoms with Crippen LogP contribution in [-0.2, 0) is 21.2 Å². The van der Waals surface area contributed by atoms with Gasteiger partial charge in [-0.3, -0.25) is 4.79 Å². The van der Waals surface area contributed by atoms with Crippen molar-refractivity contribution in [1.82, 2.24) is 4.31 Å². The number of anilines is 1. The zero-order chi connectivity index (χ0) is 21.6. The molecule has 2 aliphatic rings. The Hall–Kier alpha value is -1.12. The van der Waals surface area contributed by atoms with Gasteiger partial charge in [-0.25, -0.2) is 8.42 Å². The van der Waals surface area contributed by atoms with Gasteiger partial charge in [0.2, 0.25) is 15.9 Å². The molecule has 0 bridgehead atoms. The van der Waals surface area contributed by atoms with E-state index in [1.807, 2.05) is 30.0 Å². The first-order valence-electron chi connectivity index (χ1n) is 9.75. The molecule has 0 radical (unpaired) electrons. The molecule has 0 spiro atoms. The number of fused-ring (bicyclic) bond motifs is 1. The molecule has 1 saturated heterocycles. The Morgan fingerprint density at radius 3 is 2.70 bits per heavy atom. The predicted molar refractivity (Wildman–Crippen MR) is 123 cm³/mol. The minimum atomic E-state index is -3.84. The van der Waals surface area contributed by atoms with Gasteiger partial charge >= 0.3 is 0 Å². The second-order valence-electron chi connectivity index (χ2n) is 7.81. The van der Waals surface area contributed by atoms with Crippen LogP contribution in [0.1, 0.15) is 25.3 Å². The number of hydrogen-bond acceptors (Lipinski definition) is 3. The molecular weight excluding hydrogens is 511 g/mol. The highest BCUT2D eigenvalue weighted by molar-refractivity contribution is 9.10. The van der Waals surface area contributed by atoms with Gasteiger partial charge in [-0.15, -0.1) is 0 Å². The smallest absolute Gasteiger partial charge is 0.244 e. The van der Waals surface area contributed by atoms with Crippen LogP contribution in [0.3, 0.4) is 0 Å². The maximum absolute atomic E-state index is 13.4. The van der Waals surface area contributed by atoms with Gasteiger partial charge in [0.1, 0.15) is 4.90 Å². The zero-order valence-electron chi connectivity index (χ0n) is 16.3. The van der Waals surface area contributed by atoms with Crippen molar-refractivity contribution in [1.29, 1.82) is 0 Å².